The Morgan fingerprint density at radius 2 is 1.35 bits per heavy atom. The molecule has 2 N–H and O–H groups in total. The lowest BCUT2D eigenvalue weighted by Crippen LogP contribution is -2.55. The third-order valence-corrected chi connectivity index (χ3v) is 7.52. The van der Waals surface area contributed by atoms with E-state index in [0.717, 1.165) is 30.5 Å². The van der Waals surface area contributed by atoms with Gasteiger partial charge in [-0.1, -0.05) is 115 Å². The number of amides is 1. The number of nitrogens with zero attached hydrogens (tertiary/aromatic N) is 1. The van der Waals surface area contributed by atoms with Crippen LogP contribution >= 0.6 is 0 Å². The van der Waals surface area contributed by atoms with Crippen molar-refractivity contribution in [3.05, 3.63) is 24.6 Å². The minimum Gasteiger partial charge on any atom is -0.351 e. The minimum absolute atomic E-state index is 0.0561. The van der Waals surface area contributed by atoms with E-state index in [9.17, 15) is 4.79 Å². The van der Waals surface area contributed by atoms with E-state index in [1.54, 1.807) is 6.92 Å². The van der Waals surface area contributed by atoms with Gasteiger partial charge in [0.2, 0.25) is 5.91 Å². The van der Waals surface area contributed by atoms with Crippen LogP contribution in [-0.4, -0.2) is 36.2 Å². The summed E-state index contributed by atoms with van der Waals surface area (Å²) in [6.07, 6.45) is 34.5. The standard InChI is InChI=1S/C30H57N3O/c1-4-6-7-8-9-10-11-12-13-14-15-16-17-18-19-20-21-22-23-24-30-32-26-28-33(30,5-2)27-25-31-29(3)34/h22-23,26,28,30,32H,4-21,24-25,27H2,1-3H3/p+1/b23-22+. The van der Waals surface area contributed by atoms with Crippen molar-refractivity contribution in [3.63, 3.8) is 0 Å². The Hall–Kier alpha value is -1.29. The smallest absolute Gasteiger partial charge is 0.217 e. The van der Waals surface area contributed by atoms with E-state index in [0.29, 0.717) is 6.17 Å². The average molecular weight is 477 g/mol. The van der Waals surface area contributed by atoms with Crippen LogP contribution in [0, 0.1) is 0 Å². The topological polar surface area (TPSA) is 41.1 Å². The maximum atomic E-state index is 11.2. The van der Waals surface area contributed by atoms with Crippen LogP contribution in [0.3, 0.4) is 0 Å². The molecule has 198 valence electrons. The monoisotopic (exact) mass is 476 g/mol. The molecule has 0 aromatic rings. The van der Waals surface area contributed by atoms with Crippen LogP contribution in [0.5, 0.6) is 0 Å². The highest BCUT2D eigenvalue weighted by Gasteiger charge is 2.35. The summed E-state index contributed by atoms with van der Waals surface area (Å²) in [6.45, 7) is 8.83. The van der Waals surface area contributed by atoms with Gasteiger partial charge in [0.25, 0.3) is 0 Å². The summed E-state index contributed by atoms with van der Waals surface area (Å²) in [5.74, 6) is 0.0561. The van der Waals surface area contributed by atoms with Crippen molar-refractivity contribution in [2.45, 2.75) is 143 Å². The molecule has 0 spiro atoms. The maximum absolute atomic E-state index is 11.2. The van der Waals surface area contributed by atoms with E-state index in [4.69, 9.17) is 0 Å². The molecule has 1 rings (SSSR count). The van der Waals surface area contributed by atoms with E-state index in [-0.39, 0.29) is 5.91 Å². The molecule has 34 heavy (non-hydrogen) atoms. The highest BCUT2D eigenvalue weighted by molar-refractivity contribution is 5.72. The van der Waals surface area contributed by atoms with Crippen molar-refractivity contribution >= 4 is 5.91 Å². The summed E-state index contributed by atoms with van der Waals surface area (Å²) < 4.78 is 0.906. The van der Waals surface area contributed by atoms with Crippen LogP contribution in [-0.2, 0) is 4.79 Å². The molecule has 0 saturated carbocycles. The first-order chi connectivity index (χ1) is 16.6. The molecule has 0 aromatic heterocycles. The number of rotatable bonds is 23. The first-order valence-electron chi connectivity index (χ1n) is 14.8. The Labute approximate surface area is 212 Å². The summed E-state index contributed by atoms with van der Waals surface area (Å²) in [5, 5.41) is 6.47. The zero-order valence-corrected chi connectivity index (χ0v) is 23.1. The number of carbonyl (C=O) groups excluding carboxylic acids is 1. The molecule has 0 aromatic carbocycles. The maximum Gasteiger partial charge on any atom is 0.217 e. The molecular weight excluding hydrogens is 418 g/mol. The fourth-order valence-corrected chi connectivity index (χ4v) is 5.14. The summed E-state index contributed by atoms with van der Waals surface area (Å²) in [7, 11) is 0. The molecule has 1 amide bonds. The number of hydrogen-bond acceptors (Lipinski definition) is 2. The van der Waals surface area contributed by atoms with Crippen LogP contribution in [0.2, 0.25) is 0 Å². The number of nitrogens with one attached hydrogen (secondary N) is 2. The molecule has 1 aliphatic rings. The Bertz CT molecular complexity index is 545. The average Bonchev–Trinajstić information content (AvgIpc) is 3.23. The van der Waals surface area contributed by atoms with Crippen molar-refractivity contribution in [1.29, 1.82) is 0 Å². The lowest BCUT2D eigenvalue weighted by Gasteiger charge is -2.36. The Morgan fingerprint density at radius 3 is 1.85 bits per heavy atom. The number of quaternary nitrogens is 1. The molecule has 0 fully saturated rings. The van der Waals surface area contributed by atoms with Gasteiger partial charge in [-0.2, -0.15) is 0 Å². The molecule has 0 saturated heterocycles. The van der Waals surface area contributed by atoms with Gasteiger partial charge in [-0.25, -0.2) is 0 Å². The van der Waals surface area contributed by atoms with Crippen molar-refractivity contribution in [2.75, 3.05) is 19.6 Å². The first kappa shape index (κ1) is 30.7. The number of allylic oxidation sites excluding steroid dienone is 1. The van der Waals surface area contributed by atoms with Crippen LogP contribution < -0.4 is 10.6 Å². The van der Waals surface area contributed by atoms with Gasteiger partial charge in [0.05, 0.1) is 19.3 Å². The van der Waals surface area contributed by atoms with Gasteiger partial charge in [0.15, 0.2) is 6.17 Å². The number of likely N-dealkylation sites (N-methyl/N-ethyl adjacent to an activating group) is 1. The van der Waals surface area contributed by atoms with E-state index >= 15 is 0 Å². The fourth-order valence-electron chi connectivity index (χ4n) is 5.14. The SMILES string of the molecule is CCCCCCCCCCCCCCCCCC/C=C/CC1NC=C[N+]1(CC)CCNC(C)=O. The van der Waals surface area contributed by atoms with Crippen LogP contribution in [0.25, 0.3) is 0 Å². The number of carbonyl (C=O) groups is 1. The quantitative estimate of drug-likeness (QED) is 0.0892. The third kappa shape index (κ3) is 14.9. The van der Waals surface area contributed by atoms with Gasteiger partial charge in [-0.05, 0) is 19.8 Å². The summed E-state index contributed by atoms with van der Waals surface area (Å²) in [6, 6.07) is 0. The van der Waals surface area contributed by atoms with E-state index in [1.807, 2.05) is 0 Å². The van der Waals surface area contributed by atoms with Gasteiger partial charge in [-0.3, -0.25) is 9.28 Å². The molecule has 1 aliphatic heterocycles. The second kappa shape index (κ2) is 21.0. The Kier molecular flexibility index (Phi) is 19.0. The van der Waals surface area contributed by atoms with Crippen LogP contribution in [0.15, 0.2) is 24.6 Å². The molecule has 1 heterocycles. The van der Waals surface area contributed by atoms with Crippen molar-refractivity contribution in [3.8, 4) is 0 Å². The minimum atomic E-state index is 0.0561. The van der Waals surface area contributed by atoms with Gasteiger partial charge in [-0.15, -0.1) is 0 Å². The summed E-state index contributed by atoms with van der Waals surface area (Å²) in [5.41, 5.74) is 0. The molecule has 0 radical (unpaired) electrons. The molecule has 2 atom stereocenters. The van der Waals surface area contributed by atoms with Gasteiger partial charge in [0, 0.05) is 13.3 Å². The lowest BCUT2D eigenvalue weighted by molar-refractivity contribution is -0.897. The van der Waals surface area contributed by atoms with Crippen molar-refractivity contribution in [1.82, 2.24) is 10.6 Å². The predicted octanol–water partition coefficient (Wildman–Crippen LogP) is 7.96. The predicted molar refractivity (Wildman–Crippen MR) is 148 cm³/mol. The first-order valence-corrected chi connectivity index (χ1v) is 14.8. The molecule has 2 unspecified atom stereocenters. The zero-order valence-electron chi connectivity index (χ0n) is 23.1. The second-order valence-corrected chi connectivity index (χ2v) is 10.4. The van der Waals surface area contributed by atoms with Crippen molar-refractivity contribution in [2.24, 2.45) is 0 Å². The van der Waals surface area contributed by atoms with E-state index in [2.05, 4.69) is 49.0 Å². The fraction of sp³-hybridized carbons (Fsp3) is 0.833. The van der Waals surface area contributed by atoms with E-state index in [1.165, 1.54) is 109 Å². The molecule has 0 bridgehead atoms. The van der Waals surface area contributed by atoms with Crippen LogP contribution in [0.4, 0.5) is 0 Å². The normalized spacial score (nSPS) is 19.7. The molecule has 0 aliphatic carbocycles. The Morgan fingerprint density at radius 1 is 0.824 bits per heavy atom. The van der Waals surface area contributed by atoms with Gasteiger partial charge >= 0.3 is 0 Å². The third-order valence-electron chi connectivity index (χ3n) is 7.52. The summed E-state index contributed by atoms with van der Waals surface area (Å²) in [4.78, 5) is 11.2. The lowest BCUT2D eigenvalue weighted by atomic mass is 10.0. The number of hydrogen-bond donors (Lipinski definition) is 2. The Balaban J connectivity index is 1.93. The van der Waals surface area contributed by atoms with Gasteiger partial charge in [0.1, 0.15) is 12.7 Å². The van der Waals surface area contributed by atoms with Crippen LogP contribution in [0.1, 0.15) is 136 Å². The summed E-state index contributed by atoms with van der Waals surface area (Å²) >= 11 is 0. The second-order valence-electron chi connectivity index (χ2n) is 10.4. The highest BCUT2D eigenvalue weighted by atomic mass is 16.1. The highest BCUT2D eigenvalue weighted by Crippen LogP contribution is 2.21. The largest absolute Gasteiger partial charge is 0.351 e. The van der Waals surface area contributed by atoms with Crippen molar-refractivity contribution < 1.29 is 9.28 Å². The van der Waals surface area contributed by atoms with Gasteiger partial charge < -0.3 is 10.6 Å². The molecular formula is C30H58N3O+. The molecule has 4 heteroatoms. The zero-order chi connectivity index (χ0) is 24.7. The van der Waals surface area contributed by atoms with E-state index < -0.39 is 0 Å². The molecule has 4 nitrogen and oxygen atoms in total. The number of unbranched alkanes of at least 4 members (excludes halogenated alkanes) is 16.